The first kappa shape index (κ1) is 9.99. The molecule has 0 amide bonds. The molecule has 0 fully saturated rings. The van der Waals surface area contributed by atoms with Crippen LogP contribution in [0.1, 0.15) is 25.5 Å². The summed E-state index contributed by atoms with van der Waals surface area (Å²) < 4.78 is 13.0. The first-order valence-corrected chi connectivity index (χ1v) is 5.69. The maximum Gasteiger partial charge on any atom is 0.124 e. The standard InChI is InChI=1S/C11H14FNS/c1-6-7(2)14-10-5-8(12)3-4-9(10)11(6)13/h3-7,11H,13H2,1-2H3. The van der Waals surface area contributed by atoms with Gasteiger partial charge >= 0.3 is 0 Å². The van der Waals surface area contributed by atoms with E-state index in [4.69, 9.17) is 5.73 Å². The monoisotopic (exact) mass is 211 g/mol. The van der Waals surface area contributed by atoms with Crippen molar-refractivity contribution < 1.29 is 4.39 Å². The average Bonchev–Trinajstić information content (AvgIpc) is 2.14. The van der Waals surface area contributed by atoms with Gasteiger partial charge in [-0.1, -0.05) is 19.9 Å². The highest BCUT2D eigenvalue weighted by Gasteiger charge is 2.29. The molecule has 1 aliphatic heterocycles. The summed E-state index contributed by atoms with van der Waals surface area (Å²) >= 11 is 1.72. The summed E-state index contributed by atoms with van der Waals surface area (Å²) in [4.78, 5) is 1.00. The van der Waals surface area contributed by atoms with Crippen molar-refractivity contribution in [2.75, 3.05) is 0 Å². The molecule has 0 spiro atoms. The molecular formula is C11H14FNS. The summed E-state index contributed by atoms with van der Waals surface area (Å²) in [5.74, 6) is 0.267. The highest BCUT2D eigenvalue weighted by atomic mass is 32.2. The second-order valence-corrected chi connectivity index (χ2v) is 5.31. The van der Waals surface area contributed by atoms with Crippen molar-refractivity contribution in [2.45, 2.75) is 30.0 Å². The fourth-order valence-electron chi connectivity index (χ4n) is 1.77. The third kappa shape index (κ3) is 1.55. The molecule has 0 aliphatic carbocycles. The smallest absolute Gasteiger partial charge is 0.124 e. The number of fused-ring (bicyclic) bond motifs is 1. The van der Waals surface area contributed by atoms with E-state index in [9.17, 15) is 4.39 Å². The van der Waals surface area contributed by atoms with Gasteiger partial charge in [-0.25, -0.2) is 4.39 Å². The van der Waals surface area contributed by atoms with Crippen molar-refractivity contribution in [2.24, 2.45) is 11.7 Å². The van der Waals surface area contributed by atoms with Crippen molar-refractivity contribution >= 4 is 11.8 Å². The van der Waals surface area contributed by atoms with Crippen LogP contribution in [0.25, 0.3) is 0 Å². The van der Waals surface area contributed by atoms with Gasteiger partial charge in [-0.05, 0) is 23.6 Å². The Hall–Kier alpha value is -0.540. The van der Waals surface area contributed by atoms with Gasteiger partial charge in [-0.2, -0.15) is 0 Å². The fourth-order valence-corrected chi connectivity index (χ4v) is 3.07. The molecule has 14 heavy (non-hydrogen) atoms. The minimum Gasteiger partial charge on any atom is -0.324 e. The molecule has 1 aliphatic rings. The van der Waals surface area contributed by atoms with Crippen LogP contribution >= 0.6 is 11.8 Å². The average molecular weight is 211 g/mol. The molecule has 1 aromatic rings. The molecule has 0 saturated heterocycles. The minimum absolute atomic E-state index is 0.0434. The van der Waals surface area contributed by atoms with Crippen molar-refractivity contribution in [1.29, 1.82) is 0 Å². The molecule has 1 aromatic carbocycles. The number of benzene rings is 1. The lowest BCUT2D eigenvalue weighted by Crippen LogP contribution is -2.29. The summed E-state index contributed by atoms with van der Waals surface area (Å²) in [6.45, 7) is 4.29. The van der Waals surface area contributed by atoms with Crippen LogP contribution in [0.2, 0.25) is 0 Å². The summed E-state index contributed by atoms with van der Waals surface area (Å²) in [6, 6.07) is 4.93. The second-order valence-electron chi connectivity index (χ2n) is 3.89. The van der Waals surface area contributed by atoms with E-state index >= 15 is 0 Å². The quantitative estimate of drug-likeness (QED) is 0.714. The number of rotatable bonds is 0. The number of hydrogen-bond donors (Lipinski definition) is 1. The predicted molar refractivity (Wildman–Crippen MR) is 57.8 cm³/mol. The highest BCUT2D eigenvalue weighted by Crippen LogP contribution is 2.42. The van der Waals surface area contributed by atoms with E-state index in [-0.39, 0.29) is 11.9 Å². The lowest BCUT2D eigenvalue weighted by atomic mass is 9.92. The van der Waals surface area contributed by atoms with E-state index in [2.05, 4.69) is 13.8 Å². The van der Waals surface area contributed by atoms with Gasteiger partial charge in [0.2, 0.25) is 0 Å². The summed E-state index contributed by atoms with van der Waals surface area (Å²) in [5.41, 5.74) is 7.18. The first-order valence-electron chi connectivity index (χ1n) is 4.81. The van der Waals surface area contributed by atoms with Gasteiger partial charge in [0.1, 0.15) is 5.82 Å². The van der Waals surface area contributed by atoms with Gasteiger partial charge in [0.15, 0.2) is 0 Å². The number of nitrogens with two attached hydrogens (primary N) is 1. The summed E-state index contributed by atoms with van der Waals surface area (Å²) in [6.07, 6.45) is 0. The number of halogens is 1. The molecule has 0 aromatic heterocycles. The largest absolute Gasteiger partial charge is 0.324 e. The third-order valence-electron chi connectivity index (χ3n) is 2.95. The van der Waals surface area contributed by atoms with Crippen LogP contribution in [0.3, 0.4) is 0 Å². The van der Waals surface area contributed by atoms with E-state index in [0.29, 0.717) is 11.2 Å². The topological polar surface area (TPSA) is 26.0 Å². The molecule has 3 unspecified atom stereocenters. The zero-order chi connectivity index (χ0) is 10.3. The zero-order valence-electron chi connectivity index (χ0n) is 8.33. The van der Waals surface area contributed by atoms with Crippen LogP contribution in [0.5, 0.6) is 0 Å². The Morgan fingerprint density at radius 1 is 1.36 bits per heavy atom. The lowest BCUT2D eigenvalue weighted by Gasteiger charge is -2.33. The Kier molecular flexibility index (Phi) is 2.54. The Balaban J connectivity index is 2.45. The summed E-state index contributed by atoms with van der Waals surface area (Å²) in [5, 5.41) is 0.458. The number of thioether (sulfide) groups is 1. The molecule has 3 atom stereocenters. The molecule has 76 valence electrons. The minimum atomic E-state index is -0.176. The van der Waals surface area contributed by atoms with Crippen LogP contribution in [-0.2, 0) is 0 Å². The normalized spacial score (nSPS) is 31.3. The van der Waals surface area contributed by atoms with Gasteiger partial charge in [0.25, 0.3) is 0 Å². The number of hydrogen-bond acceptors (Lipinski definition) is 2. The Morgan fingerprint density at radius 3 is 2.79 bits per heavy atom. The lowest BCUT2D eigenvalue weighted by molar-refractivity contribution is 0.451. The maximum atomic E-state index is 13.0. The summed E-state index contributed by atoms with van der Waals surface area (Å²) in [7, 11) is 0. The molecular weight excluding hydrogens is 197 g/mol. The maximum absolute atomic E-state index is 13.0. The highest BCUT2D eigenvalue weighted by molar-refractivity contribution is 8.00. The SMILES string of the molecule is CC1Sc2cc(F)ccc2C(N)C1C. The molecule has 2 N–H and O–H groups in total. The van der Waals surface area contributed by atoms with Crippen molar-refractivity contribution in [3.8, 4) is 0 Å². The van der Waals surface area contributed by atoms with Crippen molar-refractivity contribution in [3.05, 3.63) is 29.6 Å². The van der Waals surface area contributed by atoms with E-state index in [1.54, 1.807) is 17.8 Å². The fraction of sp³-hybridized carbons (Fsp3) is 0.455. The van der Waals surface area contributed by atoms with Crippen LogP contribution in [0.15, 0.2) is 23.1 Å². The van der Waals surface area contributed by atoms with Crippen LogP contribution in [-0.4, -0.2) is 5.25 Å². The zero-order valence-corrected chi connectivity index (χ0v) is 9.14. The molecule has 3 heteroatoms. The molecule has 0 saturated carbocycles. The van der Waals surface area contributed by atoms with E-state index in [1.807, 2.05) is 6.07 Å². The van der Waals surface area contributed by atoms with Crippen LogP contribution in [0, 0.1) is 11.7 Å². The van der Waals surface area contributed by atoms with Gasteiger partial charge in [-0.3, -0.25) is 0 Å². The molecule has 2 rings (SSSR count). The van der Waals surface area contributed by atoms with Gasteiger partial charge in [0, 0.05) is 16.2 Å². The van der Waals surface area contributed by atoms with E-state index < -0.39 is 0 Å². The molecule has 1 heterocycles. The van der Waals surface area contributed by atoms with E-state index in [1.165, 1.54) is 6.07 Å². The predicted octanol–water partition coefficient (Wildman–Crippen LogP) is 2.96. The second kappa shape index (κ2) is 3.55. The van der Waals surface area contributed by atoms with Crippen molar-refractivity contribution in [3.63, 3.8) is 0 Å². The molecule has 0 radical (unpaired) electrons. The van der Waals surface area contributed by atoms with Gasteiger partial charge in [-0.15, -0.1) is 11.8 Å². The van der Waals surface area contributed by atoms with Crippen molar-refractivity contribution in [1.82, 2.24) is 0 Å². The van der Waals surface area contributed by atoms with Crippen LogP contribution < -0.4 is 5.73 Å². The Labute approximate surface area is 87.9 Å². The van der Waals surface area contributed by atoms with Crippen LogP contribution in [0.4, 0.5) is 4.39 Å². The first-order chi connectivity index (χ1) is 6.59. The molecule has 1 nitrogen and oxygen atoms in total. The molecule has 0 bridgehead atoms. The Bertz CT molecular complexity index is 353. The van der Waals surface area contributed by atoms with Gasteiger partial charge < -0.3 is 5.73 Å². The van der Waals surface area contributed by atoms with E-state index in [0.717, 1.165) is 10.5 Å². The third-order valence-corrected chi connectivity index (χ3v) is 4.36. The van der Waals surface area contributed by atoms with Gasteiger partial charge in [0.05, 0.1) is 0 Å². The Morgan fingerprint density at radius 2 is 2.07 bits per heavy atom.